The lowest BCUT2D eigenvalue weighted by molar-refractivity contribution is -0.115. The highest BCUT2D eigenvalue weighted by molar-refractivity contribution is 7.89. The van der Waals surface area contributed by atoms with Gasteiger partial charge in [-0.1, -0.05) is 19.1 Å². The van der Waals surface area contributed by atoms with Crippen LogP contribution in [0.15, 0.2) is 53.4 Å². The van der Waals surface area contributed by atoms with E-state index >= 15 is 0 Å². The molecule has 0 aliphatic carbocycles. The van der Waals surface area contributed by atoms with Crippen LogP contribution in [0.25, 0.3) is 0 Å². The van der Waals surface area contributed by atoms with E-state index < -0.39 is 15.9 Å². The van der Waals surface area contributed by atoms with Gasteiger partial charge in [0.05, 0.1) is 18.0 Å². The number of nitrogens with one attached hydrogen (secondary N) is 2. The summed E-state index contributed by atoms with van der Waals surface area (Å²) in [4.78, 5) is 12.1. The van der Waals surface area contributed by atoms with Gasteiger partial charge in [0.1, 0.15) is 5.75 Å². The minimum atomic E-state index is -3.76. The van der Waals surface area contributed by atoms with Crippen LogP contribution in [0.5, 0.6) is 5.75 Å². The molecule has 0 unspecified atom stereocenters. The van der Waals surface area contributed by atoms with Gasteiger partial charge in [0.15, 0.2) is 0 Å². The summed E-state index contributed by atoms with van der Waals surface area (Å²) in [7, 11) is -3.76. The fraction of sp³-hybridized carbons (Fsp3) is 0.278. The summed E-state index contributed by atoms with van der Waals surface area (Å²) in [6.45, 7) is 4.03. The molecule has 134 valence electrons. The largest absolute Gasteiger partial charge is 0.494 e. The Morgan fingerprint density at radius 3 is 2.44 bits per heavy atom. The van der Waals surface area contributed by atoms with E-state index in [1.54, 1.807) is 18.2 Å². The fourth-order valence-corrected chi connectivity index (χ4v) is 3.18. The zero-order valence-corrected chi connectivity index (χ0v) is 15.1. The second-order valence-electron chi connectivity index (χ2n) is 5.33. The highest BCUT2D eigenvalue weighted by Gasteiger charge is 2.15. The molecule has 1 amide bonds. The van der Waals surface area contributed by atoms with Gasteiger partial charge in [-0.25, -0.2) is 13.1 Å². The van der Waals surface area contributed by atoms with Crippen molar-refractivity contribution in [3.63, 3.8) is 0 Å². The number of ether oxygens (including phenoxy) is 1. The topological polar surface area (TPSA) is 84.5 Å². The van der Waals surface area contributed by atoms with E-state index in [0.717, 1.165) is 12.0 Å². The Balaban J connectivity index is 1.95. The Kier molecular flexibility index (Phi) is 6.55. The maximum atomic E-state index is 12.2. The van der Waals surface area contributed by atoms with Crippen LogP contribution in [-0.2, 0) is 21.2 Å². The van der Waals surface area contributed by atoms with Gasteiger partial charge in [-0.05, 0) is 55.3 Å². The molecule has 0 aliphatic heterocycles. The van der Waals surface area contributed by atoms with Crippen molar-refractivity contribution in [3.05, 3.63) is 54.1 Å². The molecule has 0 aromatic heterocycles. The van der Waals surface area contributed by atoms with E-state index in [0.29, 0.717) is 18.0 Å². The first kappa shape index (κ1) is 19.0. The van der Waals surface area contributed by atoms with Gasteiger partial charge < -0.3 is 10.1 Å². The molecule has 0 atom stereocenters. The summed E-state index contributed by atoms with van der Waals surface area (Å²) in [5, 5.41) is 2.68. The molecule has 0 radical (unpaired) electrons. The fourth-order valence-electron chi connectivity index (χ4n) is 2.20. The van der Waals surface area contributed by atoms with Gasteiger partial charge in [-0.2, -0.15) is 0 Å². The molecule has 0 saturated heterocycles. The highest BCUT2D eigenvalue weighted by Crippen LogP contribution is 2.16. The van der Waals surface area contributed by atoms with Gasteiger partial charge in [-0.3, -0.25) is 4.79 Å². The maximum absolute atomic E-state index is 12.2. The Bertz CT molecular complexity index is 817. The van der Waals surface area contributed by atoms with Crippen molar-refractivity contribution in [2.75, 3.05) is 18.5 Å². The van der Waals surface area contributed by atoms with Crippen molar-refractivity contribution in [2.24, 2.45) is 0 Å². The third-order valence-electron chi connectivity index (χ3n) is 3.49. The molecule has 7 heteroatoms. The SMILES string of the molecule is CCOc1ccc(S(=O)(=O)NCC(=O)Nc2cccc(CC)c2)cc1. The van der Waals surface area contributed by atoms with Gasteiger partial charge in [0, 0.05) is 5.69 Å². The van der Waals surface area contributed by atoms with Crippen LogP contribution < -0.4 is 14.8 Å². The van der Waals surface area contributed by atoms with E-state index in [2.05, 4.69) is 10.0 Å². The third-order valence-corrected chi connectivity index (χ3v) is 4.90. The average molecular weight is 362 g/mol. The van der Waals surface area contributed by atoms with Gasteiger partial charge in [0.2, 0.25) is 15.9 Å². The maximum Gasteiger partial charge on any atom is 0.241 e. The second kappa shape index (κ2) is 8.64. The molecule has 25 heavy (non-hydrogen) atoms. The number of carbonyl (C=O) groups is 1. The monoisotopic (exact) mass is 362 g/mol. The van der Waals surface area contributed by atoms with Crippen LogP contribution in [0.2, 0.25) is 0 Å². The molecule has 0 saturated carbocycles. The zero-order chi connectivity index (χ0) is 18.3. The van der Waals surface area contributed by atoms with Gasteiger partial charge >= 0.3 is 0 Å². The van der Waals surface area contributed by atoms with Crippen LogP contribution in [0.1, 0.15) is 19.4 Å². The van der Waals surface area contributed by atoms with Crippen molar-refractivity contribution < 1.29 is 17.9 Å². The predicted molar refractivity (Wildman–Crippen MR) is 97.2 cm³/mol. The van der Waals surface area contributed by atoms with Crippen LogP contribution in [-0.4, -0.2) is 27.5 Å². The standard InChI is InChI=1S/C18H22N2O4S/c1-3-14-6-5-7-15(12-14)20-18(21)13-19-25(22,23)17-10-8-16(9-11-17)24-4-2/h5-12,19H,3-4,13H2,1-2H3,(H,20,21). The molecular formula is C18H22N2O4S. The summed E-state index contributed by atoms with van der Waals surface area (Å²) >= 11 is 0. The first-order valence-corrected chi connectivity index (χ1v) is 9.54. The van der Waals surface area contributed by atoms with Crippen LogP contribution >= 0.6 is 0 Å². The Labute approximate surface area is 148 Å². The number of amides is 1. The number of hydrogen-bond acceptors (Lipinski definition) is 4. The second-order valence-corrected chi connectivity index (χ2v) is 7.10. The normalized spacial score (nSPS) is 11.1. The lowest BCUT2D eigenvalue weighted by Crippen LogP contribution is -2.32. The van der Waals surface area contributed by atoms with E-state index in [1.807, 2.05) is 32.0 Å². The summed E-state index contributed by atoms with van der Waals surface area (Å²) in [5.41, 5.74) is 1.73. The predicted octanol–water partition coefficient (Wildman–Crippen LogP) is 2.56. The number of rotatable bonds is 8. The first-order valence-electron chi connectivity index (χ1n) is 8.06. The van der Waals surface area contributed by atoms with Crippen LogP contribution in [0.3, 0.4) is 0 Å². The van der Waals surface area contributed by atoms with Crippen molar-refractivity contribution >= 4 is 21.6 Å². The highest BCUT2D eigenvalue weighted by atomic mass is 32.2. The zero-order valence-electron chi connectivity index (χ0n) is 14.3. The molecule has 2 aromatic rings. The lowest BCUT2D eigenvalue weighted by Gasteiger charge is -2.09. The van der Waals surface area contributed by atoms with E-state index in [9.17, 15) is 13.2 Å². The Hall–Kier alpha value is -2.38. The number of sulfonamides is 1. The van der Waals surface area contributed by atoms with Crippen LogP contribution in [0, 0.1) is 0 Å². The number of aryl methyl sites for hydroxylation is 1. The smallest absolute Gasteiger partial charge is 0.241 e. The number of hydrogen-bond donors (Lipinski definition) is 2. The van der Waals surface area contributed by atoms with E-state index in [4.69, 9.17) is 4.74 Å². The van der Waals surface area contributed by atoms with Gasteiger partial charge in [0.25, 0.3) is 0 Å². The Morgan fingerprint density at radius 1 is 1.08 bits per heavy atom. The van der Waals surface area contributed by atoms with Gasteiger partial charge in [-0.15, -0.1) is 0 Å². The van der Waals surface area contributed by atoms with Crippen LogP contribution in [0.4, 0.5) is 5.69 Å². The molecule has 0 bridgehead atoms. The minimum Gasteiger partial charge on any atom is -0.494 e. The van der Waals surface area contributed by atoms with E-state index in [-0.39, 0.29) is 11.4 Å². The molecule has 0 spiro atoms. The molecule has 0 heterocycles. The first-order chi connectivity index (χ1) is 11.9. The molecule has 0 fully saturated rings. The quantitative estimate of drug-likeness (QED) is 0.756. The average Bonchev–Trinajstić information content (AvgIpc) is 2.61. The van der Waals surface area contributed by atoms with Crippen molar-refractivity contribution in [1.29, 1.82) is 0 Å². The van der Waals surface area contributed by atoms with Crippen molar-refractivity contribution in [3.8, 4) is 5.75 Å². The number of benzene rings is 2. The molecule has 0 aliphatic rings. The molecule has 2 rings (SSSR count). The minimum absolute atomic E-state index is 0.0803. The molecule has 2 aromatic carbocycles. The Morgan fingerprint density at radius 2 is 1.80 bits per heavy atom. The lowest BCUT2D eigenvalue weighted by atomic mass is 10.1. The van der Waals surface area contributed by atoms with E-state index in [1.165, 1.54) is 12.1 Å². The van der Waals surface area contributed by atoms with Crippen molar-refractivity contribution in [1.82, 2.24) is 4.72 Å². The molecule has 2 N–H and O–H groups in total. The van der Waals surface area contributed by atoms with Crippen molar-refractivity contribution in [2.45, 2.75) is 25.2 Å². The molecular weight excluding hydrogens is 340 g/mol. The molecule has 6 nitrogen and oxygen atoms in total. The summed E-state index contributed by atoms with van der Waals surface area (Å²) < 4.78 is 32.0. The summed E-state index contributed by atoms with van der Waals surface area (Å²) in [6, 6.07) is 13.5. The number of carbonyl (C=O) groups excluding carboxylic acids is 1. The summed E-state index contributed by atoms with van der Waals surface area (Å²) in [6.07, 6.45) is 0.855. The third kappa shape index (κ3) is 5.58. The number of anilines is 1. The summed E-state index contributed by atoms with van der Waals surface area (Å²) in [5.74, 6) is 0.165.